The van der Waals surface area contributed by atoms with Crippen LogP contribution >= 0.6 is 11.6 Å². The molecule has 1 aliphatic carbocycles. The van der Waals surface area contributed by atoms with Gasteiger partial charge in [0.25, 0.3) is 5.67 Å². The highest BCUT2D eigenvalue weighted by atomic mass is 35.5. The molecule has 1 atom stereocenters. The van der Waals surface area contributed by atoms with E-state index in [1.807, 2.05) is 0 Å². The molecule has 0 heterocycles. The van der Waals surface area contributed by atoms with Crippen molar-refractivity contribution in [2.75, 3.05) is 0 Å². The highest BCUT2D eigenvalue weighted by Gasteiger charge is 2.51. The van der Waals surface area contributed by atoms with Crippen molar-refractivity contribution < 1.29 is 18.7 Å². The molecule has 0 amide bonds. The predicted molar refractivity (Wildman–Crippen MR) is 69.2 cm³/mol. The summed E-state index contributed by atoms with van der Waals surface area (Å²) in [4.78, 5) is 24.0. The van der Waals surface area contributed by atoms with Gasteiger partial charge in [0.05, 0.1) is 6.10 Å². The monoisotopic (exact) mass is 284 g/mol. The number of aryl methyl sites for hydroxylation is 1. The van der Waals surface area contributed by atoms with Crippen molar-refractivity contribution in [3.63, 3.8) is 0 Å². The van der Waals surface area contributed by atoms with Crippen LogP contribution < -0.4 is 0 Å². The van der Waals surface area contributed by atoms with Crippen molar-refractivity contribution in [1.82, 2.24) is 0 Å². The molecular formula is C14H14ClFO3. The number of fused-ring (bicyclic) bond motifs is 1. The highest BCUT2D eigenvalue weighted by Crippen LogP contribution is 2.34. The lowest BCUT2D eigenvalue weighted by molar-refractivity contribution is -0.158. The normalized spacial score (nSPS) is 22.3. The SMILES string of the molecule is CC(C)OC(=O)C1(F)CCc2ccc(Cl)cc2C1=O. The van der Waals surface area contributed by atoms with Crippen molar-refractivity contribution in [2.24, 2.45) is 0 Å². The van der Waals surface area contributed by atoms with Gasteiger partial charge in [0.1, 0.15) is 0 Å². The van der Waals surface area contributed by atoms with E-state index >= 15 is 0 Å². The smallest absolute Gasteiger partial charge is 0.352 e. The van der Waals surface area contributed by atoms with Gasteiger partial charge in [0.2, 0.25) is 5.78 Å². The maximum Gasteiger partial charge on any atom is 0.352 e. The summed E-state index contributed by atoms with van der Waals surface area (Å²) in [6.07, 6.45) is -0.345. The molecule has 1 unspecified atom stereocenters. The maximum atomic E-state index is 14.7. The number of hydrogen-bond acceptors (Lipinski definition) is 3. The van der Waals surface area contributed by atoms with Gasteiger partial charge in [-0.2, -0.15) is 0 Å². The average molecular weight is 285 g/mol. The van der Waals surface area contributed by atoms with E-state index in [2.05, 4.69) is 0 Å². The number of ketones is 1. The first kappa shape index (κ1) is 14.0. The molecule has 102 valence electrons. The Bertz CT molecular complexity index is 541. The third-order valence-corrected chi connectivity index (χ3v) is 3.32. The van der Waals surface area contributed by atoms with E-state index in [-0.39, 0.29) is 12.0 Å². The number of rotatable bonds is 2. The minimum atomic E-state index is -2.60. The summed E-state index contributed by atoms with van der Waals surface area (Å²) in [6.45, 7) is 3.22. The number of alkyl halides is 1. The molecule has 0 aliphatic heterocycles. The molecule has 1 aliphatic rings. The number of halogens is 2. The Labute approximate surface area is 115 Å². The predicted octanol–water partition coefficient (Wildman–Crippen LogP) is 3.13. The van der Waals surface area contributed by atoms with Gasteiger partial charge in [-0.25, -0.2) is 9.18 Å². The van der Waals surface area contributed by atoms with E-state index < -0.39 is 23.5 Å². The summed E-state index contributed by atoms with van der Waals surface area (Å²) in [7, 11) is 0. The third kappa shape index (κ3) is 2.50. The Hall–Kier alpha value is -1.42. The van der Waals surface area contributed by atoms with Crippen molar-refractivity contribution in [3.05, 3.63) is 34.3 Å². The Morgan fingerprint density at radius 2 is 2.16 bits per heavy atom. The molecule has 0 aromatic heterocycles. The number of carbonyl (C=O) groups excluding carboxylic acids is 2. The van der Waals surface area contributed by atoms with Gasteiger partial charge in [-0.3, -0.25) is 4.79 Å². The second kappa shape index (κ2) is 4.93. The molecule has 0 fully saturated rings. The second-order valence-corrected chi connectivity index (χ2v) is 5.32. The molecule has 5 heteroatoms. The van der Waals surface area contributed by atoms with Crippen LogP contribution in [0.3, 0.4) is 0 Å². The van der Waals surface area contributed by atoms with E-state index in [9.17, 15) is 14.0 Å². The molecular weight excluding hydrogens is 271 g/mol. The first-order chi connectivity index (χ1) is 8.84. The van der Waals surface area contributed by atoms with E-state index in [0.717, 1.165) is 0 Å². The van der Waals surface area contributed by atoms with Crippen LogP contribution in [0, 0.1) is 0 Å². The van der Waals surface area contributed by atoms with Crippen molar-refractivity contribution >= 4 is 23.4 Å². The summed E-state index contributed by atoms with van der Waals surface area (Å²) in [5.74, 6) is -1.97. The van der Waals surface area contributed by atoms with E-state index in [1.165, 1.54) is 6.07 Å². The Morgan fingerprint density at radius 1 is 1.47 bits per heavy atom. The summed E-state index contributed by atoms with van der Waals surface area (Å²) in [5, 5.41) is 0.341. The Kier molecular flexibility index (Phi) is 3.63. The van der Waals surface area contributed by atoms with Crippen LogP contribution in [0.15, 0.2) is 18.2 Å². The van der Waals surface area contributed by atoms with Gasteiger partial charge in [-0.1, -0.05) is 17.7 Å². The molecule has 19 heavy (non-hydrogen) atoms. The molecule has 1 aromatic carbocycles. The molecule has 0 radical (unpaired) electrons. The fourth-order valence-corrected chi connectivity index (χ4v) is 2.29. The molecule has 0 saturated heterocycles. The van der Waals surface area contributed by atoms with Gasteiger partial charge < -0.3 is 4.74 Å². The molecule has 1 aromatic rings. The summed E-state index contributed by atoms with van der Waals surface area (Å²) in [5.41, 5.74) is -1.72. The Balaban J connectivity index is 2.37. The van der Waals surface area contributed by atoms with Crippen LogP contribution in [0.2, 0.25) is 5.02 Å². The zero-order chi connectivity index (χ0) is 14.2. The fourth-order valence-electron chi connectivity index (χ4n) is 2.11. The van der Waals surface area contributed by atoms with Crippen LogP contribution in [0.5, 0.6) is 0 Å². The zero-order valence-electron chi connectivity index (χ0n) is 10.7. The Morgan fingerprint density at radius 3 is 2.79 bits per heavy atom. The van der Waals surface area contributed by atoms with Crippen LogP contribution in [0.4, 0.5) is 4.39 Å². The lowest BCUT2D eigenvalue weighted by atomic mass is 9.80. The first-order valence-corrected chi connectivity index (χ1v) is 6.45. The van der Waals surface area contributed by atoms with Crippen LogP contribution in [-0.2, 0) is 16.0 Å². The third-order valence-electron chi connectivity index (χ3n) is 3.08. The zero-order valence-corrected chi connectivity index (χ0v) is 11.5. The number of carbonyl (C=O) groups is 2. The molecule has 0 saturated carbocycles. The van der Waals surface area contributed by atoms with Crippen molar-refractivity contribution in [1.29, 1.82) is 0 Å². The standard InChI is InChI=1S/C14H14ClFO3/c1-8(2)19-13(18)14(16)6-5-9-3-4-10(15)7-11(9)12(14)17/h3-4,7-8H,5-6H2,1-2H3. The largest absolute Gasteiger partial charge is 0.460 e. The molecule has 3 nitrogen and oxygen atoms in total. The molecule has 0 spiro atoms. The van der Waals surface area contributed by atoms with Crippen molar-refractivity contribution in [3.8, 4) is 0 Å². The molecule has 0 bridgehead atoms. The quantitative estimate of drug-likeness (QED) is 0.619. The fraction of sp³-hybridized carbons (Fsp3) is 0.429. The van der Waals surface area contributed by atoms with E-state index in [1.54, 1.807) is 26.0 Å². The number of benzene rings is 1. The number of Topliss-reactive ketones (excluding diaryl/α,β-unsaturated/α-hetero) is 1. The molecule has 0 N–H and O–H groups in total. The van der Waals surface area contributed by atoms with Gasteiger partial charge in [-0.05, 0) is 38.0 Å². The average Bonchev–Trinajstić information content (AvgIpc) is 2.34. The summed E-state index contributed by atoms with van der Waals surface area (Å²) < 4.78 is 19.5. The van der Waals surface area contributed by atoms with Gasteiger partial charge in [0.15, 0.2) is 0 Å². The second-order valence-electron chi connectivity index (χ2n) is 4.89. The van der Waals surface area contributed by atoms with E-state index in [4.69, 9.17) is 16.3 Å². The number of ether oxygens (including phenoxy) is 1. The molecule has 2 rings (SSSR count). The van der Waals surface area contributed by atoms with Crippen LogP contribution in [-0.4, -0.2) is 23.5 Å². The summed E-state index contributed by atoms with van der Waals surface area (Å²) >= 11 is 5.81. The minimum absolute atomic E-state index is 0.168. The lowest BCUT2D eigenvalue weighted by Crippen LogP contribution is -2.47. The number of esters is 1. The highest BCUT2D eigenvalue weighted by molar-refractivity contribution is 6.31. The summed E-state index contributed by atoms with van der Waals surface area (Å²) in [6, 6.07) is 4.73. The van der Waals surface area contributed by atoms with Crippen LogP contribution in [0.25, 0.3) is 0 Å². The van der Waals surface area contributed by atoms with Gasteiger partial charge >= 0.3 is 5.97 Å². The van der Waals surface area contributed by atoms with Crippen LogP contribution in [0.1, 0.15) is 36.2 Å². The minimum Gasteiger partial charge on any atom is -0.460 e. The van der Waals surface area contributed by atoms with E-state index in [0.29, 0.717) is 17.0 Å². The number of hydrogen-bond donors (Lipinski definition) is 0. The lowest BCUT2D eigenvalue weighted by Gasteiger charge is -2.28. The maximum absolute atomic E-state index is 14.7. The van der Waals surface area contributed by atoms with Gasteiger partial charge in [0, 0.05) is 17.0 Å². The topological polar surface area (TPSA) is 43.4 Å². The first-order valence-electron chi connectivity index (χ1n) is 6.08. The van der Waals surface area contributed by atoms with Gasteiger partial charge in [-0.15, -0.1) is 0 Å². The van der Waals surface area contributed by atoms with Crippen molar-refractivity contribution in [2.45, 2.75) is 38.5 Å².